The molecule has 0 saturated heterocycles. The van der Waals surface area contributed by atoms with Crippen molar-refractivity contribution in [3.63, 3.8) is 0 Å². The van der Waals surface area contributed by atoms with Crippen molar-refractivity contribution in [1.29, 1.82) is 0 Å². The van der Waals surface area contributed by atoms with Crippen molar-refractivity contribution in [2.45, 2.75) is 6.61 Å². The van der Waals surface area contributed by atoms with Crippen molar-refractivity contribution in [1.82, 2.24) is 9.55 Å². The quantitative estimate of drug-likeness (QED) is 0.588. The summed E-state index contributed by atoms with van der Waals surface area (Å²) in [7, 11) is 0. The van der Waals surface area contributed by atoms with Crippen LogP contribution in [-0.2, 0) is 6.61 Å². The van der Waals surface area contributed by atoms with Gasteiger partial charge in [-0.1, -0.05) is 18.2 Å². The molecule has 0 saturated carbocycles. The molecule has 0 aliphatic carbocycles. The van der Waals surface area contributed by atoms with Gasteiger partial charge in [-0.3, -0.25) is 4.57 Å². The van der Waals surface area contributed by atoms with Crippen molar-refractivity contribution < 1.29 is 14.9 Å². The van der Waals surface area contributed by atoms with E-state index in [1.54, 1.807) is 23.5 Å². The third-order valence-corrected chi connectivity index (χ3v) is 4.63. The minimum atomic E-state index is -0.0316. The van der Waals surface area contributed by atoms with Gasteiger partial charge in [0.1, 0.15) is 17.4 Å². The Morgan fingerprint density at radius 3 is 2.54 bits per heavy atom. The highest BCUT2D eigenvalue weighted by Gasteiger charge is 2.09. The first kappa shape index (κ1) is 14.6. The lowest BCUT2D eigenvalue weighted by atomic mass is 10.3. The van der Waals surface area contributed by atoms with Crippen molar-refractivity contribution in [3.8, 4) is 23.2 Å². The fraction of sp³-hybridized carbons (Fsp3) is 0.0556. The molecule has 2 aromatic carbocycles. The molecule has 2 aromatic heterocycles. The number of hydrogen-bond donors (Lipinski definition) is 2. The fourth-order valence-electron chi connectivity index (χ4n) is 2.52. The smallest absolute Gasteiger partial charge is 0.198 e. The van der Waals surface area contributed by atoms with E-state index in [4.69, 9.17) is 4.74 Å². The number of benzene rings is 2. The molecule has 2 N–H and O–H groups in total. The standard InChI is InChI=1S/C18H14N2O3S/c21-17-8-9-18(22)20(17)12-4-3-5-13(10-12)23-11-16-19-14-6-1-2-7-15(14)24-16/h1-10,21-22H,11H2. The summed E-state index contributed by atoms with van der Waals surface area (Å²) in [5.74, 6) is 0.575. The van der Waals surface area contributed by atoms with E-state index in [9.17, 15) is 10.2 Å². The number of aromatic hydroxyl groups is 2. The molecule has 0 atom stereocenters. The van der Waals surface area contributed by atoms with Gasteiger partial charge in [-0.25, -0.2) is 4.98 Å². The van der Waals surface area contributed by atoms with Crippen LogP contribution in [0.5, 0.6) is 17.5 Å². The monoisotopic (exact) mass is 338 g/mol. The number of rotatable bonds is 4. The lowest BCUT2D eigenvalue weighted by Gasteiger charge is -2.09. The number of ether oxygens (including phenoxy) is 1. The normalized spacial score (nSPS) is 11.0. The van der Waals surface area contributed by atoms with Crippen LogP contribution in [0.1, 0.15) is 5.01 Å². The van der Waals surface area contributed by atoms with Gasteiger partial charge in [0, 0.05) is 18.2 Å². The van der Waals surface area contributed by atoms with Crippen LogP contribution in [0.25, 0.3) is 15.9 Å². The van der Waals surface area contributed by atoms with Gasteiger partial charge in [-0.15, -0.1) is 11.3 Å². The van der Waals surface area contributed by atoms with E-state index >= 15 is 0 Å². The van der Waals surface area contributed by atoms with E-state index in [1.165, 1.54) is 16.7 Å². The van der Waals surface area contributed by atoms with E-state index in [0.717, 1.165) is 15.2 Å². The van der Waals surface area contributed by atoms with E-state index in [1.807, 2.05) is 36.4 Å². The summed E-state index contributed by atoms with van der Waals surface area (Å²) in [6, 6.07) is 18.0. The second kappa shape index (κ2) is 5.90. The molecule has 6 heteroatoms. The Morgan fingerprint density at radius 1 is 0.958 bits per heavy atom. The second-order valence-corrected chi connectivity index (χ2v) is 6.36. The van der Waals surface area contributed by atoms with Gasteiger partial charge in [0.05, 0.1) is 15.9 Å². The van der Waals surface area contributed by atoms with Crippen molar-refractivity contribution in [3.05, 3.63) is 65.7 Å². The van der Waals surface area contributed by atoms with Crippen molar-refractivity contribution in [2.24, 2.45) is 0 Å². The van der Waals surface area contributed by atoms with Crippen LogP contribution in [0.4, 0.5) is 0 Å². The maximum Gasteiger partial charge on any atom is 0.198 e. The van der Waals surface area contributed by atoms with Crippen molar-refractivity contribution in [2.75, 3.05) is 0 Å². The van der Waals surface area contributed by atoms with Crippen LogP contribution in [0.2, 0.25) is 0 Å². The molecule has 0 unspecified atom stereocenters. The van der Waals surface area contributed by atoms with Crippen LogP contribution in [0.15, 0.2) is 60.7 Å². The minimum Gasteiger partial charge on any atom is -0.494 e. The molecule has 120 valence electrons. The highest BCUT2D eigenvalue weighted by atomic mass is 32.1. The van der Waals surface area contributed by atoms with Gasteiger partial charge in [0.2, 0.25) is 0 Å². The molecule has 0 radical (unpaired) electrons. The first-order chi connectivity index (χ1) is 11.7. The highest BCUT2D eigenvalue weighted by molar-refractivity contribution is 7.18. The molecule has 0 bridgehead atoms. The van der Waals surface area contributed by atoms with Crippen LogP contribution in [0.3, 0.4) is 0 Å². The van der Waals surface area contributed by atoms with Gasteiger partial charge in [-0.05, 0) is 24.3 Å². The molecule has 0 amide bonds. The minimum absolute atomic E-state index is 0.0316. The number of fused-ring (bicyclic) bond motifs is 1. The summed E-state index contributed by atoms with van der Waals surface area (Å²) in [5.41, 5.74) is 1.59. The molecule has 0 fully saturated rings. The third-order valence-electron chi connectivity index (χ3n) is 3.62. The number of para-hydroxylation sites is 1. The number of aromatic nitrogens is 2. The lowest BCUT2D eigenvalue weighted by Crippen LogP contribution is -1.97. The zero-order chi connectivity index (χ0) is 16.5. The van der Waals surface area contributed by atoms with E-state index in [2.05, 4.69) is 4.98 Å². The number of thiazole rings is 1. The highest BCUT2D eigenvalue weighted by Crippen LogP contribution is 2.29. The number of hydrogen-bond acceptors (Lipinski definition) is 5. The summed E-state index contributed by atoms with van der Waals surface area (Å²) in [4.78, 5) is 4.54. The Hall–Kier alpha value is -2.99. The predicted octanol–water partition coefficient (Wildman–Crippen LogP) is 4.08. The summed E-state index contributed by atoms with van der Waals surface area (Å²) in [6.07, 6.45) is 0. The summed E-state index contributed by atoms with van der Waals surface area (Å²) >= 11 is 1.60. The Kier molecular flexibility index (Phi) is 3.59. The van der Waals surface area contributed by atoms with Gasteiger partial charge < -0.3 is 14.9 Å². The molecule has 0 aliphatic rings. The average molecular weight is 338 g/mol. The molecular formula is C18H14N2O3S. The Morgan fingerprint density at radius 2 is 1.75 bits per heavy atom. The summed E-state index contributed by atoms with van der Waals surface area (Å²) < 4.78 is 8.28. The zero-order valence-corrected chi connectivity index (χ0v) is 13.4. The third kappa shape index (κ3) is 2.68. The molecular weight excluding hydrogens is 324 g/mol. The summed E-state index contributed by atoms with van der Waals surface area (Å²) in [5, 5.41) is 20.5. The topological polar surface area (TPSA) is 67.5 Å². The molecule has 0 spiro atoms. The van der Waals surface area contributed by atoms with Gasteiger partial charge in [-0.2, -0.15) is 0 Å². The average Bonchev–Trinajstić information content (AvgIpc) is 3.16. The van der Waals surface area contributed by atoms with E-state index in [0.29, 0.717) is 18.0 Å². The lowest BCUT2D eigenvalue weighted by molar-refractivity contribution is 0.305. The van der Waals surface area contributed by atoms with Crippen LogP contribution in [-0.4, -0.2) is 19.8 Å². The van der Waals surface area contributed by atoms with Crippen LogP contribution < -0.4 is 4.74 Å². The Balaban J connectivity index is 1.56. The van der Waals surface area contributed by atoms with Crippen LogP contribution in [0, 0.1) is 0 Å². The molecule has 2 heterocycles. The van der Waals surface area contributed by atoms with Gasteiger partial charge >= 0.3 is 0 Å². The second-order valence-electron chi connectivity index (χ2n) is 5.25. The number of nitrogens with zero attached hydrogens (tertiary/aromatic N) is 2. The first-order valence-corrected chi connectivity index (χ1v) is 8.20. The Labute approximate surface area is 142 Å². The van der Waals surface area contributed by atoms with Gasteiger partial charge in [0.15, 0.2) is 11.8 Å². The maximum absolute atomic E-state index is 9.82. The van der Waals surface area contributed by atoms with E-state index in [-0.39, 0.29) is 11.8 Å². The Bertz CT molecular complexity index is 954. The first-order valence-electron chi connectivity index (χ1n) is 7.38. The predicted molar refractivity (Wildman–Crippen MR) is 93.1 cm³/mol. The fourth-order valence-corrected chi connectivity index (χ4v) is 3.40. The van der Waals surface area contributed by atoms with Crippen molar-refractivity contribution >= 4 is 21.6 Å². The maximum atomic E-state index is 9.82. The largest absolute Gasteiger partial charge is 0.494 e. The van der Waals surface area contributed by atoms with Crippen LogP contribution >= 0.6 is 11.3 Å². The molecule has 4 aromatic rings. The van der Waals surface area contributed by atoms with Gasteiger partial charge in [0.25, 0.3) is 0 Å². The molecule has 24 heavy (non-hydrogen) atoms. The molecule has 0 aliphatic heterocycles. The molecule has 4 rings (SSSR count). The zero-order valence-electron chi connectivity index (χ0n) is 12.6. The summed E-state index contributed by atoms with van der Waals surface area (Å²) in [6.45, 7) is 0.368. The molecule has 5 nitrogen and oxygen atoms in total. The van der Waals surface area contributed by atoms with E-state index < -0.39 is 0 Å². The SMILES string of the molecule is Oc1ccc(O)n1-c1cccc(OCc2nc3ccccc3s2)c1.